The second-order valence-corrected chi connectivity index (χ2v) is 7.53. The van der Waals surface area contributed by atoms with E-state index in [1.165, 1.54) is 15.4 Å². The van der Waals surface area contributed by atoms with Gasteiger partial charge in [-0.1, -0.05) is 29.4 Å². The van der Waals surface area contributed by atoms with E-state index in [9.17, 15) is 8.42 Å². The van der Waals surface area contributed by atoms with Crippen molar-refractivity contribution in [1.29, 1.82) is 0 Å². The summed E-state index contributed by atoms with van der Waals surface area (Å²) in [6, 6.07) is 8.09. The van der Waals surface area contributed by atoms with Crippen molar-refractivity contribution >= 4 is 15.8 Å². The van der Waals surface area contributed by atoms with Crippen molar-refractivity contribution in [2.24, 2.45) is 0 Å². The largest absolute Gasteiger partial charge is 0.380 e. The van der Waals surface area contributed by atoms with Crippen molar-refractivity contribution in [2.45, 2.75) is 31.1 Å². The Kier molecular flexibility index (Phi) is 3.70. The van der Waals surface area contributed by atoms with Gasteiger partial charge in [0.05, 0.1) is 0 Å². The van der Waals surface area contributed by atoms with Gasteiger partial charge >= 0.3 is 0 Å². The Morgan fingerprint density at radius 1 is 1.32 bits per heavy atom. The molecule has 1 saturated heterocycles. The van der Waals surface area contributed by atoms with E-state index in [1.807, 2.05) is 12.1 Å². The van der Waals surface area contributed by atoms with Gasteiger partial charge in [-0.25, -0.2) is 8.42 Å². The van der Waals surface area contributed by atoms with E-state index >= 15 is 0 Å². The molecule has 0 aliphatic carbocycles. The van der Waals surface area contributed by atoms with E-state index in [4.69, 9.17) is 10.3 Å². The summed E-state index contributed by atoms with van der Waals surface area (Å²) < 4.78 is 31.9. The number of benzene rings is 1. The van der Waals surface area contributed by atoms with Crippen molar-refractivity contribution in [3.05, 3.63) is 41.2 Å². The molecule has 1 atom stereocenters. The van der Waals surface area contributed by atoms with E-state index in [0.717, 1.165) is 6.42 Å². The Balaban J connectivity index is 1.88. The van der Waals surface area contributed by atoms with Crippen LogP contribution in [0.4, 0.5) is 5.82 Å². The SMILES string of the molecule is Cc1ccccc1C1CCN(S(=O)(=O)c2c(N)noc2C)C1. The Bertz CT molecular complexity index is 779. The van der Waals surface area contributed by atoms with Gasteiger partial charge in [-0.3, -0.25) is 0 Å². The van der Waals surface area contributed by atoms with Gasteiger partial charge in [0, 0.05) is 13.1 Å². The molecule has 1 aromatic heterocycles. The molecule has 1 unspecified atom stereocenters. The molecule has 1 aromatic carbocycles. The highest BCUT2D eigenvalue weighted by molar-refractivity contribution is 7.89. The monoisotopic (exact) mass is 321 g/mol. The minimum absolute atomic E-state index is 0.00191. The molecule has 6 nitrogen and oxygen atoms in total. The second-order valence-electron chi connectivity index (χ2n) is 5.66. The standard InChI is InChI=1S/C15H19N3O3S/c1-10-5-3-4-6-13(10)12-7-8-18(9-12)22(19,20)14-11(2)21-17-15(14)16/h3-6,12H,7-9H2,1-2H3,(H2,16,17). The van der Waals surface area contributed by atoms with Crippen molar-refractivity contribution in [3.63, 3.8) is 0 Å². The van der Waals surface area contributed by atoms with Crippen LogP contribution in [-0.2, 0) is 10.0 Å². The Labute approximate surface area is 129 Å². The van der Waals surface area contributed by atoms with Crippen LogP contribution in [0.15, 0.2) is 33.7 Å². The number of nitrogen functional groups attached to an aromatic ring is 1. The van der Waals surface area contributed by atoms with Gasteiger partial charge in [0.25, 0.3) is 0 Å². The van der Waals surface area contributed by atoms with Crippen molar-refractivity contribution in [3.8, 4) is 0 Å². The van der Waals surface area contributed by atoms with E-state index in [2.05, 4.69) is 24.2 Å². The predicted molar refractivity (Wildman–Crippen MR) is 82.9 cm³/mol. The summed E-state index contributed by atoms with van der Waals surface area (Å²) in [5.41, 5.74) is 8.05. The Hall–Kier alpha value is -1.86. The highest BCUT2D eigenvalue weighted by Crippen LogP contribution is 2.34. The maximum absolute atomic E-state index is 12.7. The third kappa shape index (κ3) is 2.40. The molecule has 1 aliphatic heterocycles. The zero-order valence-electron chi connectivity index (χ0n) is 12.6. The molecule has 1 aliphatic rings. The van der Waals surface area contributed by atoms with Crippen molar-refractivity contribution in [2.75, 3.05) is 18.8 Å². The first kappa shape index (κ1) is 15.1. The number of hydrogen-bond acceptors (Lipinski definition) is 5. The summed E-state index contributed by atoms with van der Waals surface area (Å²) in [5.74, 6) is 0.367. The van der Waals surface area contributed by atoms with Crippen LogP contribution >= 0.6 is 0 Å². The molecule has 3 rings (SSSR count). The summed E-state index contributed by atoms with van der Waals surface area (Å²) in [7, 11) is -3.66. The molecule has 0 bridgehead atoms. The number of sulfonamides is 1. The third-order valence-corrected chi connectivity index (χ3v) is 6.23. The third-order valence-electron chi connectivity index (χ3n) is 4.21. The van der Waals surface area contributed by atoms with Crippen LogP contribution in [0.2, 0.25) is 0 Å². The van der Waals surface area contributed by atoms with Crippen LogP contribution in [0.1, 0.15) is 29.2 Å². The molecule has 2 aromatic rings. The lowest BCUT2D eigenvalue weighted by Gasteiger charge is -2.17. The van der Waals surface area contributed by atoms with Gasteiger partial charge in [-0.2, -0.15) is 4.31 Å². The van der Waals surface area contributed by atoms with E-state index in [0.29, 0.717) is 13.1 Å². The first-order valence-corrected chi connectivity index (χ1v) is 8.62. The average Bonchev–Trinajstić information content (AvgIpc) is 3.07. The molecule has 2 N–H and O–H groups in total. The molecular formula is C15H19N3O3S. The molecule has 1 fully saturated rings. The number of aryl methyl sites for hydroxylation is 2. The number of nitrogens with zero attached hydrogens (tertiary/aromatic N) is 2. The zero-order chi connectivity index (χ0) is 15.9. The molecule has 118 valence electrons. The van der Waals surface area contributed by atoms with E-state index in [-0.39, 0.29) is 22.4 Å². The van der Waals surface area contributed by atoms with Gasteiger partial charge in [0.2, 0.25) is 10.0 Å². The zero-order valence-corrected chi connectivity index (χ0v) is 13.4. The normalized spacial score (nSPS) is 19.6. The van der Waals surface area contributed by atoms with E-state index < -0.39 is 10.0 Å². The van der Waals surface area contributed by atoms with Crippen LogP contribution in [0, 0.1) is 13.8 Å². The second kappa shape index (κ2) is 5.40. The lowest BCUT2D eigenvalue weighted by molar-refractivity contribution is 0.395. The topological polar surface area (TPSA) is 89.4 Å². The summed E-state index contributed by atoms with van der Waals surface area (Å²) in [6.45, 7) is 4.54. The number of nitrogens with two attached hydrogens (primary N) is 1. The molecule has 7 heteroatoms. The average molecular weight is 321 g/mol. The molecule has 22 heavy (non-hydrogen) atoms. The van der Waals surface area contributed by atoms with Crippen LogP contribution in [-0.4, -0.2) is 31.0 Å². The smallest absolute Gasteiger partial charge is 0.250 e. The summed E-state index contributed by atoms with van der Waals surface area (Å²) in [6.07, 6.45) is 0.800. The maximum Gasteiger partial charge on any atom is 0.250 e. The molecule has 0 spiro atoms. The highest BCUT2D eigenvalue weighted by Gasteiger charge is 2.37. The molecule has 0 amide bonds. The lowest BCUT2D eigenvalue weighted by atomic mass is 9.94. The number of anilines is 1. The number of aromatic nitrogens is 1. The summed E-state index contributed by atoms with van der Waals surface area (Å²) in [5, 5.41) is 3.54. The molecule has 0 radical (unpaired) electrons. The molecule has 0 saturated carbocycles. The van der Waals surface area contributed by atoms with Gasteiger partial charge in [0.15, 0.2) is 16.5 Å². The minimum Gasteiger partial charge on any atom is -0.380 e. The minimum atomic E-state index is -3.66. The highest BCUT2D eigenvalue weighted by atomic mass is 32.2. The number of hydrogen-bond donors (Lipinski definition) is 1. The quantitative estimate of drug-likeness (QED) is 0.934. The van der Waals surface area contributed by atoms with Crippen molar-refractivity contribution in [1.82, 2.24) is 9.46 Å². The van der Waals surface area contributed by atoms with Crippen LogP contribution in [0.3, 0.4) is 0 Å². The Morgan fingerprint density at radius 3 is 2.68 bits per heavy atom. The fourth-order valence-corrected chi connectivity index (χ4v) is 4.75. The van der Waals surface area contributed by atoms with Gasteiger partial charge < -0.3 is 10.3 Å². The summed E-state index contributed by atoms with van der Waals surface area (Å²) in [4.78, 5) is -0.00191. The van der Waals surface area contributed by atoms with Crippen LogP contribution in [0.25, 0.3) is 0 Å². The van der Waals surface area contributed by atoms with Crippen molar-refractivity contribution < 1.29 is 12.9 Å². The maximum atomic E-state index is 12.7. The van der Waals surface area contributed by atoms with Gasteiger partial charge in [-0.05, 0) is 37.3 Å². The summed E-state index contributed by atoms with van der Waals surface area (Å²) >= 11 is 0. The van der Waals surface area contributed by atoms with E-state index in [1.54, 1.807) is 6.92 Å². The Morgan fingerprint density at radius 2 is 2.05 bits per heavy atom. The van der Waals surface area contributed by atoms with Gasteiger partial charge in [0.1, 0.15) is 0 Å². The first-order chi connectivity index (χ1) is 10.4. The first-order valence-electron chi connectivity index (χ1n) is 7.18. The molecule has 2 heterocycles. The lowest BCUT2D eigenvalue weighted by Crippen LogP contribution is -2.29. The van der Waals surface area contributed by atoms with Crippen LogP contribution < -0.4 is 5.73 Å². The number of rotatable bonds is 3. The predicted octanol–water partition coefficient (Wildman–Crippen LogP) is 2.05. The molecular weight excluding hydrogens is 302 g/mol. The van der Waals surface area contributed by atoms with Crippen LogP contribution in [0.5, 0.6) is 0 Å². The fraction of sp³-hybridized carbons (Fsp3) is 0.400. The fourth-order valence-electron chi connectivity index (χ4n) is 3.07. The van der Waals surface area contributed by atoms with Gasteiger partial charge in [-0.15, -0.1) is 0 Å².